The van der Waals surface area contributed by atoms with E-state index in [-0.39, 0.29) is 0 Å². The van der Waals surface area contributed by atoms with E-state index >= 15 is 0 Å². The molecule has 5 heteroatoms. The summed E-state index contributed by atoms with van der Waals surface area (Å²) in [7, 11) is 1.91. The molecule has 0 saturated carbocycles. The van der Waals surface area contributed by atoms with Crippen molar-refractivity contribution in [1.82, 2.24) is 10.3 Å². The van der Waals surface area contributed by atoms with E-state index in [1.54, 1.807) is 11.3 Å². The Hall–Kier alpha value is -1.10. The second kappa shape index (κ2) is 6.37. The molecule has 1 heterocycles. The van der Waals surface area contributed by atoms with Gasteiger partial charge in [-0.25, -0.2) is 4.98 Å². The van der Waals surface area contributed by atoms with E-state index in [0.717, 1.165) is 39.1 Å². The van der Waals surface area contributed by atoms with Crippen LogP contribution in [0.5, 0.6) is 5.75 Å². The van der Waals surface area contributed by atoms with Crippen LogP contribution in [-0.2, 0) is 13.2 Å². The summed E-state index contributed by atoms with van der Waals surface area (Å²) in [5.74, 6) is 0.896. The quantitative estimate of drug-likeness (QED) is 0.913. The van der Waals surface area contributed by atoms with E-state index in [9.17, 15) is 0 Å². The first-order valence-corrected chi connectivity index (χ1v) is 7.33. The lowest BCUT2D eigenvalue weighted by atomic mass is 10.1. The van der Waals surface area contributed by atoms with Gasteiger partial charge >= 0.3 is 0 Å². The first kappa shape index (κ1) is 14.3. The second-order valence-corrected chi connectivity index (χ2v) is 5.80. The standard InChI is InChI=1S/C14H17ClN2OS/c1-9-4-11(15)5-10(2)14(9)18-7-12-8-19-13(17-12)6-16-3/h4-5,8,16H,6-7H2,1-3H3. The van der Waals surface area contributed by atoms with Crippen molar-refractivity contribution in [2.24, 2.45) is 0 Å². The summed E-state index contributed by atoms with van der Waals surface area (Å²) in [5, 5.41) is 6.94. The molecule has 0 unspecified atom stereocenters. The maximum Gasteiger partial charge on any atom is 0.131 e. The van der Waals surface area contributed by atoms with Crippen molar-refractivity contribution < 1.29 is 4.74 Å². The largest absolute Gasteiger partial charge is 0.487 e. The lowest BCUT2D eigenvalue weighted by molar-refractivity contribution is 0.297. The van der Waals surface area contributed by atoms with Gasteiger partial charge in [0.2, 0.25) is 0 Å². The molecule has 2 rings (SSSR count). The molecular weight excluding hydrogens is 280 g/mol. The van der Waals surface area contributed by atoms with Crippen molar-refractivity contribution in [2.45, 2.75) is 27.0 Å². The molecule has 2 aromatic rings. The van der Waals surface area contributed by atoms with Crippen LogP contribution in [0.25, 0.3) is 0 Å². The van der Waals surface area contributed by atoms with Crippen LogP contribution in [-0.4, -0.2) is 12.0 Å². The van der Waals surface area contributed by atoms with E-state index in [2.05, 4.69) is 10.3 Å². The Morgan fingerprint density at radius 3 is 2.63 bits per heavy atom. The van der Waals surface area contributed by atoms with Crippen LogP contribution in [0.1, 0.15) is 21.8 Å². The fraction of sp³-hybridized carbons (Fsp3) is 0.357. The molecule has 1 N–H and O–H groups in total. The Labute approximate surface area is 122 Å². The average molecular weight is 297 g/mol. The van der Waals surface area contributed by atoms with Crippen LogP contribution in [0.3, 0.4) is 0 Å². The van der Waals surface area contributed by atoms with Crippen LogP contribution in [0.4, 0.5) is 0 Å². The molecule has 0 aliphatic carbocycles. The van der Waals surface area contributed by atoms with Gasteiger partial charge in [-0.3, -0.25) is 0 Å². The van der Waals surface area contributed by atoms with E-state index in [4.69, 9.17) is 16.3 Å². The van der Waals surface area contributed by atoms with Crippen LogP contribution in [0.2, 0.25) is 5.02 Å². The van der Waals surface area contributed by atoms with E-state index < -0.39 is 0 Å². The minimum atomic E-state index is 0.490. The first-order chi connectivity index (χ1) is 9.10. The molecule has 0 amide bonds. The molecule has 19 heavy (non-hydrogen) atoms. The summed E-state index contributed by atoms with van der Waals surface area (Å²) in [5.41, 5.74) is 3.07. The maximum absolute atomic E-state index is 6.00. The highest BCUT2D eigenvalue weighted by atomic mass is 35.5. The van der Waals surface area contributed by atoms with Gasteiger partial charge < -0.3 is 10.1 Å². The predicted molar refractivity (Wildman–Crippen MR) is 80.1 cm³/mol. The fourth-order valence-electron chi connectivity index (χ4n) is 1.92. The lowest BCUT2D eigenvalue weighted by Gasteiger charge is -2.11. The Morgan fingerprint density at radius 2 is 2.00 bits per heavy atom. The number of hydrogen-bond acceptors (Lipinski definition) is 4. The summed E-state index contributed by atoms with van der Waals surface area (Å²) >= 11 is 7.65. The highest BCUT2D eigenvalue weighted by Crippen LogP contribution is 2.27. The van der Waals surface area contributed by atoms with Crippen LogP contribution >= 0.6 is 22.9 Å². The van der Waals surface area contributed by atoms with Gasteiger partial charge in [0.1, 0.15) is 17.4 Å². The number of rotatable bonds is 5. The summed E-state index contributed by atoms with van der Waals surface area (Å²) in [6, 6.07) is 3.83. The first-order valence-electron chi connectivity index (χ1n) is 6.07. The number of nitrogens with zero attached hydrogens (tertiary/aromatic N) is 1. The van der Waals surface area contributed by atoms with Gasteiger partial charge in [0.25, 0.3) is 0 Å². The van der Waals surface area contributed by atoms with Gasteiger partial charge in [-0.2, -0.15) is 0 Å². The van der Waals surface area contributed by atoms with Crippen LogP contribution in [0, 0.1) is 13.8 Å². The summed E-state index contributed by atoms with van der Waals surface area (Å²) in [4.78, 5) is 4.50. The smallest absolute Gasteiger partial charge is 0.131 e. The van der Waals surface area contributed by atoms with Gasteiger partial charge in [0.05, 0.1) is 5.69 Å². The lowest BCUT2D eigenvalue weighted by Crippen LogP contribution is -2.05. The summed E-state index contributed by atoms with van der Waals surface area (Å²) in [6.45, 7) is 5.29. The van der Waals surface area contributed by atoms with Crippen LogP contribution in [0.15, 0.2) is 17.5 Å². The van der Waals surface area contributed by atoms with Gasteiger partial charge in [-0.1, -0.05) is 11.6 Å². The predicted octanol–water partition coefficient (Wildman–Crippen LogP) is 3.71. The molecule has 0 spiro atoms. The molecule has 1 aromatic carbocycles. The highest BCUT2D eigenvalue weighted by Gasteiger charge is 2.07. The molecule has 0 radical (unpaired) electrons. The number of hydrogen-bond donors (Lipinski definition) is 1. The zero-order valence-corrected chi connectivity index (χ0v) is 12.9. The Morgan fingerprint density at radius 1 is 1.32 bits per heavy atom. The van der Waals surface area contributed by atoms with Crippen molar-refractivity contribution in [1.29, 1.82) is 0 Å². The third-order valence-electron chi connectivity index (χ3n) is 2.72. The molecule has 102 valence electrons. The zero-order valence-electron chi connectivity index (χ0n) is 11.3. The third-order valence-corrected chi connectivity index (χ3v) is 3.83. The second-order valence-electron chi connectivity index (χ2n) is 4.42. The fourth-order valence-corrected chi connectivity index (χ4v) is 3.04. The highest BCUT2D eigenvalue weighted by molar-refractivity contribution is 7.09. The Balaban J connectivity index is 2.05. The Bertz CT molecular complexity index is 545. The van der Waals surface area contributed by atoms with Crippen molar-refractivity contribution in [3.63, 3.8) is 0 Å². The molecule has 1 aromatic heterocycles. The topological polar surface area (TPSA) is 34.2 Å². The zero-order chi connectivity index (χ0) is 13.8. The number of ether oxygens (including phenoxy) is 1. The SMILES string of the molecule is CNCc1nc(COc2c(C)cc(Cl)cc2C)cs1. The molecule has 0 bridgehead atoms. The van der Waals surface area contributed by atoms with Gasteiger partial charge in [0.15, 0.2) is 0 Å². The monoisotopic (exact) mass is 296 g/mol. The minimum Gasteiger partial charge on any atom is -0.487 e. The maximum atomic E-state index is 6.00. The number of benzene rings is 1. The van der Waals surface area contributed by atoms with E-state index in [1.165, 1.54) is 0 Å². The number of thiazole rings is 1. The summed E-state index contributed by atoms with van der Waals surface area (Å²) < 4.78 is 5.87. The molecular formula is C14H17ClN2OS. The Kier molecular flexibility index (Phi) is 4.80. The molecule has 0 aliphatic rings. The third kappa shape index (κ3) is 3.69. The number of nitrogens with one attached hydrogen (secondary N) is 1. The van der Waals surface area contributed by atoms with E-state index in [1.807, 2.05) is 38.4 Å². The van der Waals surface area contributed by atoms with Gasteiger partial charge in [-0.05, 0) is 44.2 Å². The van der Waals surface area contributed by atoms with Crippen molar-refractivity contribution in [3.8, 4) is 5.75 Å². The summed E-state index contributed by atoms with van der Waals surface area (Å²) in [6.07, 6.45) is 0. The number of halogens is 1. The average Bonchev–Trinajstić information content (AvgIpc) is 2.76. The molecule has 3 nitrogen and oxygen atoms in total. The van der Waals surface area contributed by atoms with Crippen molar-refractivity contribution in [2.75, 3.05) is 7.05 Å². The van der Waals surface area contributed by atoms with Gasteiger partial charge in [0, 0.05) is 16.9 Å². The van der Waals surface area contributed by atoms with Gasteiger partial charge in [-0.15, -0.1) is 11.3 Å². The molecule has 0 atom stereocenters. The minimum absolute atomic E-state index is 0.490. The van der Waals surface area contributed by atoms with Crippen molar-refractivity contribution >= 4 is 22.9 Å². The number of aromatic nitrogens is 1. The number of aryl methyl sites for hydroxylation is 2. The molecule has 0 fully saturated rings. The van der Waals surface area contributed by atoms with E-state index in [0.29, 0.717) is 6.61 Å². The molecule has 0 aliphatic heterocycles. The van der Waals surface area contributed by atoms with Crippen LogP contribution < -0.4 is 10.1 Å². The van der Waals surface area contributed by atoms with Crippen molar-refractivity contribution in [3.05, 3.63) is 44.4 Å². The molecule has 0 saturated heterocycles. The normalized spacial score (nSPS) is 10.7.